The summed E-state index contributed by atoms with van der Waals surface area (Å²) in [5, 5.41) is 27.9. The molecular weight excluding hydrogens is 552 g/mol. The SMILES string of the molecule is O=C(NCc1cncs1)C(OCc1ccccc1)C(O)C(O)C(OCc1ccccc1)C(=O)NCc1cncs1. The number of benzene rings is 2. The molecular formula is C28H30N4O6S2. The summed E-state index contributed by atoms with van der Waals surface area (Å²) in [7, 11) is 0. The minimum absolute atomic E-state index is 0.00359. The van der Waals surface area contributed by atoms with E-state index in [-0.39, 0.29) is 26.3 Å². The number of aromatic nitrogens is 2. The first-order valence-corrected chi connectivity index (χ1v) is 14.2. The number of amides is 2. The van der Waals surface area contributed by atoms with Gasteiger partial charge in [-0.25, -0.2) is 0 Å². The summed E-state index contributed by atoms with van der Waals surface area (Å²) >= 11 is 2.73. The van der Waals surface area contributed by atoms with Gasteiger partial charge in [-0.05, 0) is 11.1 Å². The van der Waals surface area contributed by atoms with Crippen LogP contribution in [0, 0.1) is 0 Å². The van der Waals surface area contributed by atoms with Crippen LogP contribution in [0.2, 0.25) is 0 Å². The molecule has 4 rings (SSSR count). The van der Waals surface area contributed by atoms with Crippen LogP contribution in [0.1, 0.15) is 20.9 Å². The molecule has 4 unspecified atom stereocenters. The molecule has 2 aromatic heterocycles. The molecule has 4 atom stereocenters. The summed E-state index contributed by atoms with van der Waals surface area (Å²) < 4.78 is 11.7. The maximum absolute atomic E-state index is 13.2. The van der Waals surface area contributed by atoms with Crippen molar-refractivity contribution in [1.82, 2.24) is 20.6 Å². The van der Waals surface area contributed by atoms with Crippen LogP contribution in [-0.2, 0) is 45.4 Å². The first-order chi connectivity index (χ1) is 19.5. The molecule has 10 nitrogen and oxygen atoms in total. The second-order valence-corrected chi connectivity index (χ2v) is 10.7. The molecule has 0 saturated heterocycles. The second kappa shape index (κ2) is 15.3. The van der Waals surface area contributed by atoms with Crippen LogP contribution < -0.4 is 10.6 Å². The van der Waals surface area contributed by atoms with Crippen molar-refractivity contribution in [2.24, 2.45) is 0 Å². The number of thiazole rings is 2. The van der Waals surface area contributed by atoms with Gasteiger partial charge in [0, 0.05) is 22.1 Å². The number of hydrogen-bond acceptors (Lipinski definition) is 10. The third-order valence-electron chi connectivity index (χ3n) is 5.87. The Morgan fingerprint density at radius 1 is 0.700 bits per heavy atom. The highest BCUT2D eigenvalue weighted by Gasteiger charge is 2.40. The Bertz CT molecular complexity index is 1190. The van der Waals surface area contributed by atoms with Crippen LogP contribution in [0.5, 0.6) is 0 Å². The zero-order valence-electron chi connectivity index (χ0n) is 21.5. The maximum atomic E-state index is 13.2. The van der Waals surface area contributed by atoms with Crippen molar-refractivity contribution in [3.8, 4) is 0 Å². The number of aliphatic hydroxyl groups is 2. The fourth-order valence-electron chi connectivity index (χ4n) is 3.75. The molecule has 0 aliphatic carbocycles. The molecule has 4 aromatic rings. The van der Waals surface area contributed by atoms with Gasteiger partial charge in [-0.3, -0.25) is 19.6 Å². The first kappa shape index (κ1) is 29.5. The molecule has 0 spiro atoms. The lowest BCUT2D eigenvalue weighted by Gasteiger charge is -2.30. The minimum Gasteiger partial charge on any atom is -0.387 e. The van der Waals surface area contributed by atoms with E-state index in [1.54, 1.807) is 23.4 Å². The van der Waals surface area contributed by atoms with E-state index in [0.717, 1.165) is 20.9 Å². The van der Waals surface area contributed by atoms with Gasteiger partial charge in [0.05, 0.1) is 37.3 Å². The van der Waals surface area contributed by atoms with Gasteiger partial charge in [0.15, 0.2) is 12.2 Å². The van der Waals surface area contributed by atoms with Gasteiger partial charge in [-0.1, -0.05) is 60.7 Å². The van der Waals surface area contributed by atoms with Gasteiger partial charge >= 0.3 is 0 Å². The van der Waals surface area contributed by atoms with E-state index >= 15 is 0 Å². The van der Waals surface area contributed by atoms with Gasteiger partial charge in [0.1, 0.15) is 12.2 Å². The van der Waals surface area contributed by atoms with E-state index < -0.39 is 36.2 Å². The number of hydrogen-bond donors (Lipinski definition) is 4. The quantitative estimate of drug-likeness (QED) is 0.167. The van der Waals surface area contributed by atoms with Crippen molar-refractivity contribution >= 4 is 34.5 Å². The van der Waals surface area contributed by atoms with E-state index in [4.69, 9.17) is 9.47 Å². The van der Waals surface area contributed by atoms with E-state index in [2.05, 4.69) is 20.6 Å². The van der Waals surface area contributed by atoms with E-state index in [1.807, 2.05) is 60.7 Å². The molecule has 0 radical (unpaired) electrons. The number of nitrogens with one attached hydrogen (secondary N) is 2. The zero-order chi connectivity index (χ0) is 28.2. The van der Waals surface area contributed by atoms with Gasteiger partial charge in [0.2, 0.25) is 0 Å². The lowest BCUT2D eigenvalue weighted by Crippen LogP contribution is -2.55. The number of aliphatic hydroxyl groups excluding tert-OH is 2. The number of nitrogens with zero attached hydrogens (tertiary/aromatic N) is 2. The standard InChI is InChI=1S/C28H30N4O6S2/c33-23(25(37-15-19-7-3-1-4-8-19)27(35)31-13-21-11-29-17-39-21)24(34)26(38-16-20-9-5-2-6-10-20)28(36)32-14-22-12-30-18-40-22/h1-12,17-18,23-26,33-34H,13-16H2,(H,31,35)(H,32,36). The fourth-order valence-corrected chi connectivity index (χ4v) is 4.81. The summed E-state index contributed by atoms with van der Waals surface area (Å²) in [5.41, 5.74) is 4.82. The van der Waals surface area contributed by atoms with Crippen LogP contribution in [0.15, 0.2) is 84.1 Å². The lowest BCUT2D eigenvalue weighted by molar-refractivity contribution is -0.170. The maximum Gasteiger partial charge on any atom is 0.252 e. The largest absolute Gasteiger partial charge is 0.387 e. The van der Waals surface area contributed by atoms with Crippen molar-refractivity contribution in [3.63, 3.8) is 0 Å². The average molecular weight is 583 g/mol. The summed E-state index contributed by atoms with van der Waals surface area (Å²) in [4.78, 5) is 36.0. The molecule has 40 heavy (non-hydrogen) atoms. The van der Waals surface area contributed by atoms with Crippen molar-refractivity contribution in [2.45, 2.75) is 50.7 Å². The minimum atomic E-state index is -1.79. The van der Waals surface area contributed by atoms with Gasteiger partial charge < -0.3 is 30.3 Å². The molecule has 0 aliphatic rings. The molecule has 0 fully saturated rings. The molecule has 210 valence electrons. The molecule has 2 amide bonds. The van der Waals surface area contributed by atoms with Crippen molar-refractivity contribution in [1.29, 1.82) is 0 Å². The lowest BCUT2D eigenvalue weighted by atomic mass is 10.0. The van der Waals surface area contributed by atoms with Crippen LogP contribution in [0.3, 0.4) is 0 Å². The van der Waals surface area contributed by atoms with E-state index in [1.165, 1.54) is 22.7 Å². The molecule has 2 aromatic carbocycles. The Labute approximate surface area is 239 Å². The average Bonchev–Trinajstić information content (AvgIpc) is 3.71. The van der Waals surface area contributed by atoms with Gasteiger partial charge in [0.25, 0.3) is 11.8 Å². The molecule has 4 N–H and O–H groups in total. The predicted molar refractivity (Wildman–Crippen MR) is 150 cm³/mol. The third kappa shape index (κ3) is 8.74. The fraction of sp³-hybridized carbons (Fsp3) is 0.286. The summed E-state index contributed by atoms with van der Waals surface area (Å²) in [6, 6.07) is 18.2. The molecule has 0 bridgehead atoms. The Hall–Kier alpha value is -3.52. The topological polar surface area (TPSA) is 143 Å². The summed E-state index contributed by atoms with van der Waals surface area (Å²) in [6.07, 6.45) is -3.34. The van der Waals surface area contributed by atoms with Crippen LogP contribution >= 0.6 is 22.7 Å². The highest BCUT2D eigenvalue weighted by atomic mass is 32.1. The second-order valence-electron chi connectivity index (χ2n) is 8.79. The van der Waals surface area contributed by atoms with Crippen molar-refractivity contribution in [2.75, 3.05) is 0 Å². The normalized spacial score (nSPS) is 14.2. The third-order valence-corrected chi connectivity index (χ3v) is 7.43. The summed E-state index contributed by atoms with van der Waals surface area (Å²) in [6.45, 7) is 0.328. The highest BCUT2D eigenvalue weighted by Crippen LogP contribution is 2.17. The number of rotatable bonds is 15. The summed E-state index contributed by atoms with van der Waals surface area (Å²) in [5.74, 6) is -1.30. The van der Waals surface area contributed by atoms with Gasteiger partial charge in [-0.2, -0.15) is 0 Å². The zero-order valence-corrected chi connectivity index (χ0v) is 23.1. The van der Waals surface area contributed by atoms with Crippen LogP contribution in [0.25, 0.3) is 0 Å². The number of ether oxygens (including phenoxy) is 2. The number of carbonyl (C=O) groups is 2. The monoisotopic (exact) mass is 582 g/mol. The van der Waals surface area contributed by atoms with E-state index in [9.17, 15) is 19.8 Å². The molecule has 0 aliphatic heterocycles. The van der Waals surface area contributed by atoms with Crippen LogP contribution in [-0.4, -0.2) is 56.4 Å². The van der Waals surface area contributed by atoms with Crippen LogP contribution in [0.4, 0.5) is 0 Å². The van der Waals surface area contributed by atoms with E-state index in [0.29, 0.717) is 0 Å². The Balaban J connectivity index is 1.50. The Morgan fingerprint density at radius 2 is 1.10 bits per heavy atom. The van der Waals surface area contributed by atoms with Gasteiger partial charge in [-0.15, -0.1) is 22.7 Å². The van der Waals surface area contributed by atoms with Crippen molar-refractivity contribution < 1.29 is 29.3 Å². The van der Waals surface area contributed by atoms with Crippen molar-refractivity contribution in [3.05, 3.63) is 105 Å². The molecule has 0 saturated carbocycles. The molecule has 12 heteroatoms. The first-order valence-electron chi connectivity index (χ1n) is 12.5. The highest BCUT2D eigenvalue weighted by molar-refractivity contribution is 7.09. The Morgan fingerprint density at radius 3 is 1.45 bits per heavy atom. The predicted octanol–water partition coefficient (Wildman–Crippen LogP) is 2.42. The number of carbonyl (C=O) groups excluding carboxylic acids is 2. The smallest absolute Gasteiger partial charge is 0.252 e. The Kier molecular flexibility index (Phi) is 11.3. The molecule has 2 heterocycles.